The van der Waals surface area contributed by atoms with Crippen LogP contribution in [0.1, 0.15) is 57.1 Å². The highest BCUT2D eigenvalue weighted by molar-refractivity contribution is 5.87. The van der Waals surface area contributed by atoms with Crippen LogP contribution in [0, 0.1) is 5.92 Å². The highest BCUT2D eigenvalue weighted by atomic mass is 16.4. The Morgan fingerprint density at radius 1 is 1.35 bits per heavy atom. The van der Waals surface area contributed by atoms with E-state index in [1.807, 2.05) is 20.8 Å². The van der Waals surface area contributed by atoms with Gasteiger partial charge in [-0.25, -0.2) is 4.79 Å². The summed E-state index contributed by atoms with van der Waals surface area (Å²) in [6, 6.07) is 2.86. The Labute approximate surface area is 138 Å². The van der Waals surface area contributed by atoms with E-state index in [4.69, 9.17) is 5.11 Å². The average molecular weight is 323 g/mol. The number of hydrogen-bond acceptors (Lipinski definition) is 5. The van der Waals surface area contributed by atoms with E-state index in [-0.39, 0.29) is 17.1 Å². The third-order valence-corrected chi connectivity index (χ3v) is 3.30. The first-order chi connectivity index (χ1) is 10.6. The molecule has 0 bridgehead atoms. The molecule has 1 rings (SSSR count). The van der Waals surface area contributed by atoms with Crippen LogP contribution in [0.5, 0.6) is 0 Å². The van der Waals surface area contributed by atoms with Crippen LogP contribution in [0.15, 0.2) is 18.3 Å². The monoisotopic (exact) mass is 323 g/mol. The summed E-state index contributed by atoms with van der Waals surface area (Å²) in [5.74, 6) is -0.552. The summed E-state index contributed by atoms with van der Waals surface area (Å²) in [6.07, 6.45) is 1.59. The minimum absolute atomic E-state index is 0.149. The van der Waals surface area contributed by atoms with E-state index < -0.39 is 12.2 Å². The molecule has 1 aromatic rings. The lowest BCUT2D eigenvalue weighted by Gasteiger charge is -2.32. The first-order valence-corrected chi connectivity index (χ1v) is 7.96. The fourth-order valence-electron chi connectivity index (χ4n) is 2.32. The minimum Gasteiger partial charge on any atom is -0.478 e. The van der Waals surface area contributed by atoms with Crippen LogP contribution >= 0.6 is 0 Å². The van der Waals surface area contributed by atoms with Gasteiger partial charge in [-0.3, -0.25) is 10.3 Å². The number of carbonyl (C=O) groups is 1. The van der Waals surface area contributed by atoms with E-state index in [2.05, 4.69) is 29.5 Å². The standard InChI is InChI=1S/C17H29N3O3/c1-11(2)8-14(15(21)20-17(3,4)5)19-10-13-9-12(16(22)23)6-7-18-13/h6-7,9,11,14-15,19-21H,8,10H2,1-5H3,(H,22,23)/t14-,15?/m0/s1. The van der Waals surface area contributed by atoms with Gasteiger partial charge in [0.15, 0.2) is 0 Å². The van der Waals surface area contributed by atoms with Gasteiger partial charge in [-0.15, -0.1) is 0 Å². The molecule has 0 fully saturated rings. The second-order valence-corrected chi connectivity index (χ2v) is 7.30. The summed E-state index contributed by atoms with van der Waals surface area (Å²) < 4.78 is 0. The van der Waals surface area contributed by atoms with Crippen LogP contribution in [0.4, 0.5) is 0 Å². The van der Waals surface area contributed by atoms with Crippen LogP contribution in [0.3, 0.4) is 0 Å². The largest absolute Gasteiger partial charge is 0.478 e. The predicted molar refractivity (Wildman–Crippen MR) is 90.2 cm³/mol. The van der Waals surface area contributed by atoms with Crippen molar-refractivity contribution in [2.45, 2.75) is 65.4 Å². The maximum absolute atomic E-state index is 11.0. The van der Waals surface area contributed by atoms with Crippen molar-refractivity contribution in [1.82, 2.24) is 15.6 Å². The Morgan fingerprint density at radius 2 is 2.00 bits per heavy atom. The Kier molecular flexibility index (Phi) is 7.12. The van der Waals surface area contributed by atoms with Gasteiger partial charge in [-0.2, -0.15) is 0 Å². The molecule has 6 heteroatoms. The maximum atomic E-state index is 11.0. The summed E-state index contributed by atoms with van der Waals surface area (Å²) >= 11 is 0. The van der Waals surface area contributed by atoms with Crippen molar-refractivity contribution in [3.05, 3.63) is 29.6 Å². The second-order valence-electron chi connectivity index (χ2n) is 7.30. The molecule has 23 heavy (non-hydrogen) atoms. The van der Waals surface area contributed by atoms with Crippen molar-refractivity contribution < 1.29 is 15.0 Å². The van der Waals surface area contributed by atoms with Crippen LogP contribution in [0.2, 0.25) is 0 Å². The SMILES string of the molecule is CC(C)C[C@H](NCc1cc(C(=O)O)ccn1)C(O)NC(C)(C)C. The van der Waals surface area contributed by atoms with Gasteiger partial charge in [-0.1, -0.05) is 13.8 Å². The zero-order valence-electron chi connectivity index (χ0n) is 14.6. The normalized spacial score (nSPS) is 14.7. The fourth-order valence-corrected chi connectivity index (χ4v) is 2.32. The molecule has 130 valence electrons. The molecule has 0 radical (unpaired) electrons. The molecule has 0 aliphatic rings. The lowest BCUT2D eigenvalue weighted by Crippen LogP contribution is -2.54. The summed E-state index contributed by atoms with van der Waals surface area (Å²) in [6.45, 7) is 10.6. The Hall–Kier alpha value is -1.50. The van der Waals surface area contributed by atoms with Gasteiger partial charge < -0.3 is 15.5 Å². The van der Waals surface area contributed by atoms with E-state index in [9.17, 15) is 9.90 Å². The molecule has 6 nitrogen and oxygen atoms in total. The summed E-state index contributed by atoms with van der Waals surface area (Å²) in [5, 5.41) is 25.9. The van der Waals surface area contributed by atoms with Crippen molar-refractivity contribution in [3.63, 3.8) is 0 Å². The Balaban J connectivity index is 2.74. The van der Waals surface area contributed by atoms with E-state index in [0.717, 1.165) is 6.42 Å². The molecule has 2 atom stereocenters. The third-order valence-electron chi connectivity index (χ3n) is 3.30. The molecule has 0 spiro atoms. The molecular formula is C17H29N3O3. The quantitative estimate of drug-likeness (QED) is 0.547. The Morgan fingerprint density at radius 3 is 2.52 bits per heavy atom. The van der Waals surface area contributed by atoms with Gasteiger partial charge in [0.2, 0.25) is 0 Å². The molecule has 0 aliphatic carbocycles. The summed E-state index contributed by atoms with van der Waals surface area (Å²) in [5.41, 5.74) is 0.657. The molecule has 0 aliphatic heterocycles. The second kappa shape index (κ2) is 8.38. The van der Waals surface area contributed by atoms with E-state index >= 15 is 0 Å². The molecule has 1 aromatic heterocycles. The lowest BCUT2D eigenvalue weighted by atomic mass is 10.00. The molecule has 0 saturated carbocycles. The highest BCUT2D eigenvalue weighted by Crippen LogP contribution is 2.11. The number of nitrogens with zero attached hydrogens (tertiary/aromatic N) is 1. The smallest absolute Gasteiger partial charge is 0.335 e. The zero-order chi connectivity index (χ0) is 17.6. The van der Waals surface area contributed by atoms with Gasteiger partial charge in [0.1, 0.15) is 6.23 Å². The van der Waals surface area contributed by atoms with Crippen LogP contribution < -0.4 is 10.6 Å². The van der Waals surface area contributed by atoms with Crippen molar-refractivity contribution in [1.29, 1.82) is 0 Å². The van der Waals surface area contributed by atoms with Gasteiger partial charge in [-0.05, 0) is 45.2 Å². The number of carboxylic acid groups (broad SMARTS) is 1. The fraction of sp³-hybridized carbons (Fsp3) is 0.647. The minimum atomic E-state index is -0.971. The molecule has 1 heterocycles. The topological polar surface area (TPSA) is 94.5 Å². The summed E-state index contributed by atoms with van der Waals surface area (Å²) in [4.78, 5) is 15.2. The molecule has 0 amide bonds. The van der Waals surface area contributed by atoms with Crippen molar-refractivity contribution in [2.75, 3.05) is 0 Å². The van der Waals surface area contributed by atoms with Crippen molar-refractivity contribution >= 4 is 5.97 Å². The average Bonchev–Trinajstić information content (AvgIpc) is 2.41. The first-order valence-electron chi connectivity index (χ1n) is 7.96. The van der Waals surface area contributed by atoms with Crippen molar-refractivity contribution in [3.8, 4) is 0 Å². The number of aliphatic hydroxyl groups is 1. The van der Waals surface area contributed by atoms with Gasteiger partial charge in [0.25, 0.3) is 0 Å². The predicted octanol–water partition coefficient (Wildman–Crippen LogP) is 1.99. The van der Waals surface area contributed by atoms with Crippen LogP contribution in [-0.4, -0.2) is 39.0 Å². The third kappa shape index (κ3) is 7.54. The van der Waals surface area contributed by atoms with E-state index in [1.165, 1.54) is 12.3 Å². The highest BCUT2D eigenvalue weighted by Gasteiger charge is 2.24. The number of aromatic nitrogens is 1. The number of carboxylic acids is 1. The molecule has 0 aromatic carbocycles. The molecule has 1 unspecified atom stereocenters. The number of rotatable bonds is 8. The number of nitrogens with one attached hydrogen (secondary N) is 2. The molecule has 4 N–H and O–H groups in total. The Bertz CT molecular complexity index is 512. The number of aromatic carboxylic acids is 1. The van der Waals surface area contributed by atoms with Crippen molar-refractivity contribution in [2.24, 2.45) is 5.92 Å². The number of aliphatic hydroxyl groups excluding tert-OH is 1. The molecule has 0 saturated heterocycles. The van der Waals surface area contributed by atoms with Gasteiger partial charge >= 0.3 is 5.97 Å². The van der Waals surface area contributed by atoms with Gasteiger partial charge in [0, 0.05) is 24.3 Å². The van der Waals surface area contributed by atoms with Crippen LogP contribution in [-0.2, 0) is 6.54 Å². The first kappa shape index (κ1) is 19.5. The van der Waals surface area contributed by atoms with E-state index in [1.54, 1.807) is 6.07 Å². The number of hydrogen-bond donors (Lipinski definition) is 4. The summed E-state index contributed by atoms with van der Waals surface area (Å²) in [7, 11) is 0. The van der Waals surface area contributed by atoms with Crippen LogP contribution in [0.25, 0.3) is 0 Å². The van der Waals surface area contributed by atoms with Gasteiger partial charge in [0.05, 0.1) is 11.3 Å². The number of pyridine rings is 1. The zero-order valence-corrected chi connectivity index (χ0v) is 14.6. The molecular weight excluding hydrogens is 294 g/mol. The maximum Gasteiger partial charge on any atom is 0.335 e. The lowest BCUT2D eigenvalue weighted by molar-refractivity contribution is 0.0593. The van der Waals surface area contributed by atoms with E-state index in [0.29, 0.717) is 18.2 Å².